The lowest BCUT2D eigenvalue weighted by Gasteiger charge is -2.42. The van der Waals surface area contributed by atoms with Gasteiger partial charge in [-0.15, -0.1) is 0 Å². The van der Waals surface area contributed by atoms with Crippen LogP contribution in [0.25, 0.3) is 0 Å². The second kappa shape index (κ2) is 26.0. The molecule has 0 amide bonds. The third-order valence-electron chi connectivity index (χ3n) is 7.91. The molecule has 0 saturated heterocycles. The van der Waals surface area contributed by atoms with Gasteiger partial charge in [-0.05, 0) is 25.7 Å². The van der Waals surface area contributed by atoms with E-state index in [9.17, 15) is 5.21 Å². The Morgan fingerprint density at radius 2 is 0.588 bits per heavy atom. The van der Waals surface area contributed by atoms with Gasteiger partial charge in [-0.2, -0.15) is 0 Å². The van der Waals surface area contributed by atoms with E-state index in [-0.39, 0.29) is 4.65 Å². The average Bonchev–Trinajstić information content (AvgIpc) is 2.80. The molecule has 206 valence electrons. The van der Waals surface area contributed by atoms with Gasteiger partial charge in [0.1, 0.15) is 0 Å². The van der Waals surface area contributed by atoms with Crippen LogP contribution in [0.2, 0.25) is 0 Å². The summed E-state index contributed by atoms with van der Waals surface area (Å²) in [6.07, 6.45) is 37.2. The van der Waals surface area contributed by atoms with Crippen molar-refractivity contribution in [2.24, 2.45) is 0 Å². The second-order valence-electron chi connectivity index (χ2n) is 11.8. The van der Waals surface area contributed by atoms with Crippen molar-refractivity contribution in [1.29, 1.82) is 0 Å². The van der Waals surface area contributed by atoms with E-state index >= 15 is 0 Å². The molecule has 0 fully saturated rings. The summed E-state index contributed by atoms with van der Waals surface area (Å²) in [6.45, 7) is 4.58. The van der Waals surface area contributed by atoms with E-state index in [4.69, 9.17) is 0 Å². The van der Waals surface area contributed by atoms with E-state index in [1.165, 1.54) is 161 Å². The highest BCUT2D eigenvalue weighted by molar-refractivity contribution is 4.62. The van der Waals surface area contributed by atoms with Gasteiger partial charge in [0.05, 0.1) is 20.1 Å². The molecular formula is C32H67NO. The Kier molecular flexibility index (Phi) is 25.9. The van der Waals surface area contributed by atoms with Crippen molar-refractivity contribution in [1.82, 2.24) is 0 Å². The molecule has 0 aromatic carbocycles. The number of unbranched alkanes of at least 4 members (excludes halogenated alkanes) is 23. The van der Waals surface area contributed by atoms with Crippen LogP contribution in [-0.2, 0) is 0 Å². The number of hydroxylamine groups is 3. The molecule has 0 spiro atoms. The third-order valence-corrected chi connectivity index (χ3v) is 7.91. The molecule has 2 nitrogen and oxygen atoms in total. The summed E-state index contributed by atoms with van der Waals surface area (Å²) in [4.78, 5) is 0. The second-order valence-corrected chi connectivity index (χ2v) is 11.8. The van der Waals surface area contributed by atoms with E-state index in [1.54, 1.807) is 0 Å². The molecule has 0 saturated carbocycles. The van der Waals surface area contributed by atoms with E-state index in [2.05, 4.69) is 13.8 Å². The number of hydrogen-bond donors (Lipinski definition) is 0. The molecule has 0 aromatic rings. The minimum Gasteiger partial charge on any atom is -0.633 e. The number of nitrogens with zero attached hydrogens (tertiary/aromatic N) is 1. The number of rotatable bonds is 28. The van der Waals surface area contributed by atoms with Crippen LogP contribution in [0.1, 0.15) is 187 Å². The first-order chi connectivity index (χ1) is 16.5. The zero-order valence-corrected chi connectivity index (χ0v) is 24.5. The lowest BCUT2D eigenvalue weighted by Crippen LogP contribution is -2.43. The first-order valence-corrected chi connectivity index (χ1v) is 16.1. The minimum atomic E-state index is -0.0870. The molecule has 0 aliphatic rings. The first-order valence-electron chi connectivity index (χ1n) is 16.1. The summed E-state index contributed by atoms with van der Waals surface area (Å²) in [6, 6.07) is 0.316. The number of hydrogen-bond acceptors (Lipinski definition) is 1. The lowest BCUT2D eigenvalue weighted by molar-refractivity contribution is -0.867. The van der Waals surface area contributed by atoms with Crippen molar-refractivity contribution in [2.45, 2.75) is 193 Å². The molecule has 1 atom stereocenters. The molecule has 0 aliphatic heterocycles. The van der Waals surface area contributed by atoms with E-state index in [1.807, 2.05) is 14.1 Å². The van der Waals surface area contributed by atoms with Crippen LogP contribution in [0.4, 0.5) is 0 Å². The Morgan fingerprint density at radius 1 is 0.382 bits per heavy atom. The highest BCUT2D eigenvalue weighted by Gasteiger charge is 2.19. The highest BCUT2D eigenvalue weighted by atomic mass is 16.5. The fourth-order valence-corrected chi connectivity index (χ4v) is 5.38. The number of quaternary nitrogens is 1. The topological polar surface area (TPSA) is 23.1 Å². The molecule has 34 heavy (non-hydrogen) atoms. The first kappa shape index (κ1) is 33.9. The zero-order chi connectivity index (χ0) is 25.2. The molecule has 0 N–H and O–H groups in total. The third kappa shape index (κ3) is 25.0. The predicted octanol–water partition coefficient (Wildman–Crippen LogP) is 11.5. The predicted molar refractivity (Wildman–Crippen MR) is 155 cm³/mol. The van der Waals surface area contributed by atoms with Gasteiger partial charge < -0.3 is 9.85 Å². The summed E-state index contributed by atoms with van der Waals surface area (Å²) in [5.74, 6) is 0. The van der Waals surface area contributed by atoms with Gasteiger partial charge >= 0.3 is 0 Å². The summed E-state index contributed by atoms with van der Waals surface area (Å²) < 4.78 is -0.0870. The van der Waals surface area contributed by atoms with Crippen LogP contribution >= 0.6 is 0 Å². The van der Waals surface area contributed by atoms with Crippen molar-refractivity contribution in [3.8, 4) is 0 Å². The molecule has 1 unspecified atom stereocenters. The normalized spacial score (nSPS) is 13.0. The van der Waals surface area contributed by atoms with Crippen molar-refractivity contribution in [3.63, 3.8) is 0 Å². The SMILES string of the molecule is CCCCCCCCCCCCCCCC(CCCCCCCCCCCCCC)[N+](C)(C)[O-]. The highest BCUT2D eigenvalue weighted by Crippen LogP contribution is 2.21. The van der Waals surface area contributed by atoms with E-state index in [0.29, 0.717) is 6.04 Å². The van der Waals surface area contributed by atoms with Crippen molar-refractivity contribution in [2.75, 3.05) is 14.1 Å². The van der Waals surface area contributed by atoms with Gasteiger partial charge in [0, 0.05) is 0 Å². The largest absolute Gasteiger partial charge is 0.633 e. The standard InChI is InChI=1S/C32H67NO/c1-5-7-9-11-13-15-17-19-21-23-25-27-29-31-32(33(3,4)34)30-28-26-24-22-20-18-16-14-12-10-8-6-2/h32H,5-31H2,1-4H3. The van der Waals surface area contributed by atoms with Crippen molar-refractivity contribution >= 4 is 0 Å². The van der Waals surface area contributed by atoms with Crippen LogP contribution < -0.4 is 0 Å². The smallest absolute Gasteiger partial charge is 0.0883 e. The summed E-state index contributed by atoms with van der Waals surface area (Å²) >= 11 is 0. The van der Waals surface area contributed by atoms with Crippen LogP contribution in [0.3, 0.4) is 0 Å². The quantitative estimate of drug-likeness (QED) is 0.0618. The average molecular weight is 482 g/mol. The summed E-state index contributed by atoms with van der Waals surface area (Å²) in [5, 5.41) is 12.6. The van der Waals surface area contributed by atoms with Crippen LogP contribution in [0.5, 0.6) is 0 Å². The summed E-state index contributed by atoms with van der Waals surface area (Å²) in [5.41, 5.74) is 0. The Balaban J connectivity index is 3.55. The monoisotopic (exact) mass is 482 g/mol. The maximum atomic E-state index is 12.6. The van der Waals surface area contributed by atoms with Gasteiger partial charge in [-0.3, -0.25) is 0 Å². The maximum absolute atomic E-state index is 12.6. The fourth-order valence-electron chi connectivity index (χ4n) is 5.38. The Morgan fingerprint density at radius 3 is 0.794 bits per heavy atom. The van der Waals surface area contributed by atoms with Gasteiger partial charge in [0.2, 0.25) is 0 Å². The Bertz CT molecular complexity index is 376. The lowest BCUT2D eigenvalue weighted by atomic mass is 9.98. The molecule has 0 aromatic heterocycles. The van der Waals surface area contributed by atoms with E-state index in [0.717, 1.165) is 12.8 Å². The van der Waals surface area contributed by atoms with Crippen LogP contribution in [0.15, 0.2) is 0 Å². The van der Waals surface area contributed by atoms with Crippen molar-refractivity contribution < 1.29 is 4.65 Å². The molecular weight excluding hydrogens is 414 g/mol. The Labute approximate surface area is 217 Å². The molecule has 0 heterocycles. The minimum absolute atomic E-state index is 0.0870. The Hall–Kier alpha value is -0.0800. The van der Waals surface area contributed by atoms with Gasteiger partial charge in [-0.1, -0.05) is 162 Å². The molecule has 0 bridgehead atoms. The molecule has 2 heteroatoms. The van der Waals surface area contributed by atoms with E-state index < -0.39 is 0 Å². The fraction of sp³-hybridized carbons (Fsp3) is 1.00. The van der Waals surface area contributed by atoms with Gasteiger partial charge in [0.15, 0.2) is 0 Å². The van der Waals surface area contributed by atoms with Gasteiger partial charge in [-0.25, -0.2) is 0 Å². The van der Waals surface area contributed by atoms with Gasteiger partial charge in [0.25, 0.3) is 0 Å². The summed E-state index contributed by atoms with van der Waals surface area (Å²) in [7, 11) is 3.74. The molecule has 0 aliphatic carbocycles. The maximum Gasteiger partial charge on any atom is 0.0883 e. The van der Waals surface area contributed by atoms with Crippen LogP contribution in [0, 0.1) is 5.21 Å². The van der Waals surface area contributed by atoms with Crippen LogP contribution in [-0.4, -0.2) is 24.8 Å². The zero-order valence-electron chi connectivity index (χ0n) is 24.5. The van der Waals surface area contributed by atoms with Crippen molar-refractivity contribution in [3.05, 3.63) is 5.21 Å². The molecule has 0 radical (unpaired) electrons. The molecule has 0 rings (SSSR count).